The molecule has 1 aliphatic heterocycles. The van der Waals surface area contributed by atoms with E-state index >= 15 is 0 Å². The minimum absolute atomic E-state index is 0.102. The zero-order valence-electron chi connectivity index (χ0n) is 21.8. The third-order valence-corrected chi connectivity index (χ3v) is 7.29. The van der Waals surface area contributed by atoms with Crippen molar-refractivity contribution in [1.82, 2.24) is 4.90 Å². The summed E-state index contributed by atoms with van der Waals surface area (Å²) in [5.41, 5.74) is 4.59. The van der Waals surface area contributed by atoms with Crippen LogP contribution in [-0.4, -0.2) is 36.7 Å². The summed E-state index contributed by atoms with van der Waals surface area (Å²) in [6.07, 6.45) is 3.63. The first-order chi connectivity index (χ1) is 16.0. The number of allylic oxidation sites excluding steroid dienone is 4. The fourth-order valence-electron chi connectivity index (χ4n) is 6.02. The molecular formula is C29H39NO4. The number of ether oxygens (including phenoxy) is 2. The van der Waals surface area contributed by atoms with Crippen molar-refractivity contribution in [2.24, 2.45) is 10.8 Å². The highest BCUT2D eigenvalue weighted by Crippen LogP contribution is 2.54. The van der Waals surface area contributed by atoms with E-state index in [2.05, 4.69) is 39.5 Å². The molecule has 1 aromatic rings. The van der Waals surface area contributed by atoms with Crippen molar-refractivity contribution in [3.8, 4) is 11.5 Å². The molecule has 2 aliphatic carbocycles. The van der Waals surface area contributed by atoms with Crippen molar-refractivity contribution in [2.45, 2.75) is 79.6 Å². The molecule has 5 nitrogen and oxygen atoms in total. The maximum atomic E-state index is 13.7. The molecule has 0 N–H and O–H groups in total. The molecular weight excluding hydrogens is 426 g/mol. The van der Waals surface area contributed by atoms with Crippen molar-refractivity contribution in [3.63, 3.8) is 0 Å². The van der Waals surface area contributed by atoms with Crippen LogP contribution in [0.3, 0.4) is 0 Å². The predicted octanol–water partition coefficient (Wildman–Crippen LogP) is 6.19. The van der Waals surface area contributed by atoms with Crippen molar-refractivity contribution < 1.29 is 19.1 Å². The Morgan fingerprint density at radius 2 is 1.44 bits per heavy atom. The van der Waals surface area contributed by atoms with Crippen molar-refractivity contribution in [1.29, 1.82) is 0 Å². The van der Waals surface area contributed by atoms with E-state index in [1.807, 2.05) is 25.1 Å². The number of hydrogen-bond acceptors (Lipinski definition) is 5. The number of rotatable bonds is 6. The van der Waals surface area contributed by atoms with Gasteiger partial charge in [0.25, 0.3) is 0 Å². The minimum atomic E-state index is -0.351. The average Bonchev–Trinajstić information content (AvgIpc) is 2.73. The van der Waals surface area contributed by atoms with Gasteiger partial charge in [0.2, 0.25) is 0 Å². The second-order valence-corrected chi connectivity index (χ2v) is 11.5. The molecule has 4 rings (SSSR count). The zero-order chi connectivity index (χ0) is 24.8. The van der Waals surface area contributed by atoms with Crippen molar-refractivity contribution in [2.75, 3.05) is 20.3 Å². The summed E-state index contributed by atoms with van der Waals surface area (Å²) in [6, 6.07) is 5.86. The number of methoxy groups -OCH3 is 1. The lowest BCUT2D eigenvalue weighted by Crippen LogP contribution is -2.44. The molecule has 0 unspecified atom stereocenters. The molecule has 0 saturated carbocycles. The van der Waals surface area contributed by atoms with Gasteiger partial charge < -0.3 is 14.4 Å². The van der Waals surface area contributed by atoms with Gasteiger partial charge in [-0.05, 0) is 54.7 Å². The van der Waals surface area contributed by atoms with Gasteiger partial charge in [0.1, 0.15) is 0 Å². The van der Waals surface area contributed by atoms with Gasteiger partial charge >= 0.3 is 0 Å². The lowest BCUT2D eigenvalue weighted by Gasteiger charge is -2.49. The SMILES string of the molecule is CCCN1C2=C(C(=O)CC(C)(C)C2)C(c2ccc(OC)c(OCC)c2)C2=C1CC(C)(C)CC2=O. The van der Waals surface area contributed by atoms with Crippen LogP contribution >= 0.6 is 0 Å². The topological polar surface area (TPSA) is 55.8 Å². The standard InChI is InChI=1S/C29H39NO4/c1-8-12-30-19-14-28(3,4)16-21(31)26(19)25(27-20(30)15-29(5,6)17-22(27)32)18-10-11-23(33-7)24(13-18)34-9-2/h10-11,13,25H,8-9,12,14-17H2,1-7H3. The van der Waals surface area contributed by atoms with E-state index in [0.717, 1.165) is 53.9 Å². The van der Waals surface area contributed by atoms with E-state index in [9.17, 15) is 9.59 Å². The molecule has 0 atom stereocenters. The van der Waals surface area contributed by atoms with Crippen LogP contribution in [0.1, 0.15) is 85.1 Å². The molecule has 0 saturated heterocycles. The quantitative estimate of drug-likeness (QED) is 0.501. The van der Waals surface area contributed by atoms with Gasteiger partial charge in [-0.1, -0.05) is 40.7 Å². The van der Waals surface area contributed by atoms with Crippen molar-refractivity contribution in [3.05, 3.63) is 46.3 Å². The van der Waals surface area contributed by atoms with E-state index < -0.39 is 0 Å². The molecule has 0 aromatic heterocycles. The number of hydrogen-bond donors (Lipinski definition) is 0. The molecule has 0 fully saturated rings. The maximum absolute atomic E-state index is 13.7. The Hall–Kier alpha value is -2.56. The highest BCUT2D eigenvalue weighted by molar-refractivity contribution is 6.06. The summed E-state index contributed by atoms with van der Waals surface area (Å²) >= 11 is 0. The van der Waals surface area contributed by atoms with Crippen LogP contribution in [-0.2, 0) is 9.59 Å². The second kappa shape index (κ2) is 8.90. The molecule has 184 valence electrons. The van der Waals surface area contributed by atoms with E-state index in [-0.39, 0.29) is 28.3 Å². The second-order valence-electron chi connectivity index (χ2n) is 11.5. The van der Waals surface area contributed by atoms with E-state index in [0.29, 0.717) is 30.9 Å². The molecule has 1 aromatic carbocycles. The Kier molecular flexibility index (Phi) is 6.43. The number of carbonyl (C=O) groups is 2. The molecule has 3 aliphatic rings. The molecule has 0 bridgehead atoms. The molecule has 1 heterocycles. The Bertz CT molecular complexity index is 1020. The first-order valence-electron chi connectivity index (χ1n) is 12.6. The zero-order valence-corrected chi connectivity index (χ0v) is 21.8. The lowest BCUT2D eigenvalue weighted by molar-refractivity contribution is -0.119. The highest BCUT2D eigenvalue weighted by atomic mass is 16.5. The maximum Gasteiger partial charge on any atom is 0.162 e. The van der Waals surface area contributed by atoms with Gasteiger partial charge in [0, 0.05) is 47.8 Å². The van der Waals surface area contributed by atoms with E-state index in [4.69, 9.17) is 9.47 Å². The average molecular weight is 466 g/mol. The molecule has 0 amide bonds. The third kappa shape index (κ3) is 4.30. The Morgan fingerprint density at radius 3 is 1.91 bits per heavy atom. The number of nitrogens with zero attached hydrogens (tertiary/aromatic N) is 1. The van der Waals surface area contributed by atoms with Gasteiger partial charge in [-0.15, -0.1) is 0 Å². The first kappa shape index (κ1) is 24.6. The van der Waals surface area contributed by atoms with Gasteiger partial charge in [0.05, 0.1) is 13.7 Å². The van der Waals surface area contributed by atoms with Gasteiger partial charge in [-0.2, -0.15) is 0 Å². The minimum Gasteiger partial charge on any atom is -0.493 e. The lowest BCUT2D eigenvalue weighted by atomic mass is 9.63. The largest absolute Gasteiger partial charge is 0.493 e. The van der Waals surface area contributed by atoms with Gasteiger partial charge in [0.15, 0.2) is 23.1 Å². The van der Waals surface area contributed by atoms with Crippen molar-refractivity contribution >= 4 is 11.6 Å². The highest BCUT2D eigenvalue weighted by Gasteiger charge is 2.48. The van der Waals surface area contributed by atoms with Crippen LogP contribution in [0.25, 0.3) is 0 Å². The van der Waals surface area contributed by atoms with Crippen LogP contribution in [0.2, 0.25) is 0 Å². The summed E-state index contributed by atoms with van der Waals surface area (Å²) in [5.74, 6) is 1.28. The fraction of sp³-hybridized carbons (Fsp3) is 0.586. The molecule has 0 radical (unpaired) electrons. The van der Waals surface area contributed by atoms with Gasteiger partial charge in [-0.3, -0.25) is 9.59 Å². The predicted molar refractivity (Wildman–Crippen MR) is 134 cm³/mol. The molecule has 0 spiro atoms. The molecule has 34 heavy (non-hydrogen) atoms. The van der Waals surface area contributed by atoms with Crippen LogP contribution in [0.5, 0.6) is 11.5 Å². The van der Waals surface area contributed by atoms with Crippen LogP contribution in [0, 0.1) is 10.8 Å². The number of ketones is 2. The van der Waals surface area contributed by atoms with Crippen LogP contribution in [0.15, 0.2) is 40.7 Å². The Morgan fingerprint density at radius 1 is 0.882 bits per heavy atom. The number of carbonyl (C=O) groups excluding carboxylic acids is 2. The van der Waals surface area contributed by atoms with E-state index in [1.54, 1.807) is 7.11 Å². The van der Waals surface area contributed by atoms with E-state index in [1.165, 1.54) is 0 Å². The number of Topliss-reactive ketones (excluding diaryl/α,β-unsaturated/α-hetero) is 2. The Labute approximate surface area is 204 Å². The van der Waals surface area contributed by atoms with Crippen LogP contribution in [0.4, 0.5) is 0 Å². The smallest absolute Gasteiger partial charge is 0.162 e. The monoisotopic (exact) mass is 465 g/mol. The normalized spacial score (nSPS) is 22.0. The number of benzene rings is 1. The van der Waals surface area contributed by atoms with Gasteiger partial charge in [-0.25, -0.2) is 0 Å². The third-order valence-electron chi connectivity index (χ3n) is 7.29. The fourth-order valence-corrected chi connectivity index (χ4v) is 6.02. The summed E-state index contributed by atoms with van der Waals surface area (Å²) in [7, 11) is 1.63. The Balaban J connectivity index is 1.98. The summed E-state index contributed by atoms with van der Waals surface area (Å²) in [5, 5.41) is 0. The summed E-state index contributed by atoms with van der Waals surface area (Å²) in [4.78, 5) is 29.8. The first-order valence-corrected chi connectivity index (χ1v) is 12.6. The summed E-state index contributed by atoms with van der Waals surface area (Å²) < 4.78 is 11.4. The summed E-state index contributed by atoms with van der Waals surface area (Å²) in [6.45, 7) is 14.1. The molecule has 5 heteroatoms. The van der Waals surface area contributed by atoms with Crippen LogP contribution < -0.4 is 9.47 Å².